The highest BCUT2D eigenvalue weighted by Gasteiger charge is 2.26. The fourth-order valence-corrected chi connectivity index (χ4v) is 4.48. The monoisotopic (exact) mass is 408 g/mol. The summed E-state index contributed by atoms with van der Waals surface area (Å²) in [4.78, 5) is 2.31. The maximum atomic E-state index is 14.2. The molecule has 2 aromatic rings. The Balaban J connectivity index is 1.83. The Kier molecular flexibility index (Phi) is 7.01. The Hall–Kier alpha value is -2.00. The lowest BCUT2D eigenvalue weighted by atomic mass is 10.2. The highest BCUT2D eigenvalue weighted by atomic mass is 32.2. The molecule has 0 aromatic heterocycles. The largest absolute Gasteiger partial charge is 0.497 e. The Bertz CT molecular complexity index is 868. The van der Waals surface area contributed by atoms with E-state index in [0.717, 1.165) is 13.1 Å². The van der Waals surface area contributed by atoms with E-state index in [2.05, 4.69) is 4.90 Å². The first-order chi connectivity index (χ1) is 13.5. The van der Waals surface area contributed by atoms with E-state index in [0.29, 0.717) is 31.1 Å². The van der Waals surface area contributed by atoms with Crippen molar-refractivity contribution in [2.75, 3.05) is 46.5 Å². The number of morpholine rings is 1. The van der Waals surface area contributed by atoms with Crippen LogP contribution in [-0.4, -0.2) is 64.1 Å². The zero-order valence-corrected chi connectivity index (χ0v) is 16.7. The second kappa shape index (κ2) is 9.47. The van der Waals surface area contributed by atoms with Gasteiger partial charge in [0.1, 0.15) is 11.6 Å². The van der Waals surface area contributed by atoms with E-state index >= 15 is 0 Å². The first-order valence-corrected chi connectivity index (χ1v) is 10.6. The van der Waals surface area contributed by atoms with E-state index < -0.39 is 15.8 Å². The van der Waals surface area contributed by atoms with Crippen LogP contribution in [0.3, 0.4) is 0 Å². The van der Waals surface area contributed by atoms with E-state index in [-0.39, 0.29) is 18.0 Å². The van der Waals surface area contributed by atoms with Crippen molar-refractivity contribution in [1.29, 1.82) is 0 Å². The summed E-state index contributed by atoms with van der Waals surface area (Å²) >= 11 is 0. The van der Waals surface area contributed by atoms with Gasteiger partial charge in [-0.1, -0.05) is 18.2 Å². The number of methoxy groups -OCH3 is 1. The van der Waals surface area contributed by atoms with Crippen molar-refractivity contribution in [3.05, 3.63) is 59.9 Å². The normalized spacial score (nSPS) is 15.7. The van der Waals surface area contributed by atoms with Crippen molar-refractivity contribution in [3.63, 3.8) is 0 Å². The van der Waals surface area contributed by atoms with Crippen molar-refractivity contribution in [2.45, 2.75) is 11.4 Å². The Morgan fingerprint density at radius 2 is 1.79 bits per heavy atom. The van der Waals surface area contributed by atoms with Gasteiger partial charge < -0.3 is 9.47 Å². The SMILES string of the molecule is COc1ccc(S(=O)(=O)N(CCN2CCOCC2)Cc2ccccc2F)cc1. The zero-order valence-electron chi connectivity index (χ0n) is 15.9. The molecule has 0 saturated carbocycles. The summed E-state index contributed by atoms with van der Waals surface area (Å²) in [5.41, 5.74) is 0.349. The molecule has 0 atom stereocenters. The van der Waals surface area contributed by atoms with E-state index in [1.165, 1.54) is 29.6 Å². The van der Waals surface area contributed by atoms with Gasteiger partial charge in [0.2, 0.25) is 10.0 Å². The van der Waals surface area contributed by atoms with Crippen LogP contribution in [0.15, 0.2) is 53.4 Å². The van der Waals surface area contributed by atoms with Gasteiger partial charge in [-0.25, -0.2) is 12.8 Å². The van der Waals surface area contributed by atoms with Crippen LogP contribution in [-0.2, 0) is 21.3 Å². The number of hydrogen-bond donors (Lipinski definition) is 0. The smallest absolute Gasteiger partial charge is 0.243 e. The Labute approximate surface area is 165 Å². The maximum absolute atomic E-state index is 14.2. The minimum atomic E-state index is -3.79. The lowest BCUT2D eigenvalue weighted by Gasteiger charge is -2.30. The molecular weight excluding hydrogens is 383 g/mol. The third kappa shape index (κ3) is 5.08. The van der Waals surface area contributed by atoms with Gasteiger partial charge in [0.05, 0.1) is 25.2 Å². The fourth-order valence-electron chi connectivity index (χ4n) is 3.08. The van der Waals surface area contributed by atoms with Crippen molar-refractivity contribution >= 4 is 10.0 Å². The number of nitrogens with zero attached hydrogens (tertiary/aromatic N) is 2. The minimum Gasteiger partial charge on any atom is -0.497 e. The van der Waals surface area contributed by atoms with Gasteiger partial charge in [-0.3, -0.25) is 4.90 Å². The lowest BCUT2D eigenvalue weighted by Crippen LogP contribution is -2.42. The number of rotatable bonds is 8. The standard InChI is InChI=1S/C20H25FN2O4S/c1-26-18-6-8-19(9-7-18)28(24,25)23(11-10-22-12-14-27-15-13-22)16-17-4-2-3-5-20(17)21/h2-9H,10-16H2,1H3. The van der Waals surface area contributed by atoms with Crippen LogP contribution >= 0.6 is 0 Å². The summed E-state index contributed by atoms with van der Waals surface area (Å²) < 4.78 is 52.4. The number of halogens is 1. The van der Waals surface area contributed by atoms with Gasteiger partial charge in [-0.05, 0) is 30.3 Å². The number of ether oxygens (including phenoxy) is 2. The van der Waals surface area contributed by atoms with E-state index in [9.17, 15) is 12.8 Å². The molecule has 152 valence electrons. The first-order valence-electron chi connectivity index (χ1n) is 9.18. The third-order valence-electron chi connectivity index (χ3n) is 4.77. The van der Waals surface area contributed by atoms with E-state index in [4.69, 9.17) is 9.47 Å². The number of hydrogen-bond acceptors (Lipinski definition) is 5. The minimum absolute atomic E-state index is 0.0224. The van der Waals surface area contributed by atoms with E-state index in [1.807, 2.05) is 0 Å². The number of sulfonamides is 1. The van der Waals surface area contributed by atoms with Gasteiger partial charge in [0.25, 0.3) is 0 Å². The van der Waals surface area contributed by atoms with Gasteiger partial charge in [-0.15, -0.1) is 0 Å². The fraction of sp³-hybridized carbons (Fsp3) is 0.400. The summed E-state index contributed by atoms with van der Waals surface area (Å²) in [5, 5.41) is 0. The third-order valence-corrected chi connectivity index (χ3v) is 6.63. The summed E-state index contributed by atoms with van der Waals surface area (Å²) in [5.74, 6) is 0.164. The molecule has 0 amide bonds. The van der Waals surface area contributed by atoms with Crippen LogP contribution in [0.25, 0.3) is 0 Å². The van der Waals surface area contributed by atoms with Crippen LogP contribution < -0.4 is 4.74 Å². The molecule has 0 unspecified atom stereocenters. The average molecular weight is 408 g/mol. The molecule has 28 heavy (non-hydrogen) atoms. The summed E-state index contributed by atoms with van der Waals surface area (Å²) in [7, 11) is -2.26. The van der Waals surface area contributed by atoms with Crippen molar-refractivity contribution in [3.8, 4) is 5.75 Å². The quantitative estimate of drug-likeness (QED) is 0.671. The molecule has 0 N–H and O–H groups in total. The molecule has 0 spiro atoms. The van der Waals surface area contributed by atoms with Gasteiger partial charge in [0.15, 0.2) is 0 Å². The second-order valence-electron chi connectivity index (χ2n) is 6.56. The van der Waals surface area contributed by atoms with Crippen LogP contribution in [0.1, 0.15) is 5.56 Å². The molecular formula is C20H25FN2O4S. The zero-order chi connectivity index (χ0) is 20.0. The molecule has 0 radical (unpaired) electrons. The van der Waals surface area contributed by atoms with Crippen LogP contribution in [0.2, 0.25) is 0 Å². The predicted molar refractivity (Wildman–Crippen MR) is 104 cm³/mol. The van der Waals surface area contributed by atoms with Gasteiger partial charge >= 0.3 is 0 Å². The lowest BCUT2D eigenvalue weighted by molar-refractivity contribution is 0.0361. The molecule has 3 rings (SSSR count). The second-order valence-corrected chi connectivity index (χ2v) is 8.50. The molecule has 1 aliphatic rings. The summed E-state index contributed by atoms with van der Waals surface area (Å²) in [6.07, 6.45) is 0. The van der Waals surface area contributed by atoms with Crippen molar-refractivity contribution < 1.29 is 22.3 Å². The Morgan fingerprint density at radius 3 is 2.43 bits per heavy atom. The molecule has 1 aliphatic heterocycles. The maximum Gasteiger partial charge on any atom is 0.243 e. The summed E-state index contributed by atoms with van der Waals surface area (Å²) in [6.45, 7) is 3.60. The molecule has 0 bridgehead atoms. The van der Waals surface area contributed by atoms with E-state index in [1.54, 1.807) is 30.3 Å². The highest BCUT2D eigenvalue weighted by Crippen LogP contribution is 2.22. The molecule has 1 fully saturated rings. The molecule has 2 aromatic carbocycles. The first kappa shape index (κ1) is 20.7. The van der Waals surface area contributed by atoms with Crippen molar-refractivity contribution in [2.24, 2.45) is 0 Å². The summed E-state index contributed by atoms with van der Waals surface area (Å²) in [6, 6.07) is 12.5. The highest BCUT2D eigenvalue weighted by molar-refractivity contribution is 7.89. The average Bonchev–Trinajstić information content (AvgIpc) is 2.73. The molecule has 6 nitrogen and oxygen atoms in total. The molecule has 1 heterocycles. The number of benzene rings is 2. The molecule has 8 heteroatoms. The molecule has 0 aliphatic carbocycles. The van der Waals surface area contributed by atoms with Gasteiger partial charge in [-0.2, -0.15) is 4.31 Å². The van der Waals surface area contributed by atoms with Crippen LogP contribution in [0, 0.1) is 5.82 Å². The predicted octanol–water partition coefficient (Wildman–Crippen LogP) is 2.36. The topological polar surface area (TPSA) is 59.1 Å². The van der Waals surface area contributed by atoms with Crippen LogP contribution in [0.5, 0.6) is 5.75 Å². The molecule has 1 saturated heterocycles. The Morgan fingerprint density at radius 1 is 1.11 bits per heavy atom. The van der Waals surface area contributed by atoms with Gasteiger partial charge in [0, 0.05) is 38.3 Å². The van der Waals surface area contributed by atoms with Crippen LogP contribution in [0.4, 0.5) is 4.39 Å². The van der Waals surface area contributed by atoms with Crippen molar-refractivity contribution in [1.82, 2.24) is 9.21 Å².